The minimum atomic E-state index is -2.06. The van der Waals surface area contributed by atoms with Crippen molar-refractivity contribution in [2.45, 2.75) is 43.1 Å². The van der Waals surface area contributed by atoms with Crippen LogP contribution < -0.4 is 36.2 Å². The van der Waals surface area contributed by atoms with E-state index in [0.717, 1.165) is 16.2 Å². The highest BCUT2D eigenvalue weighted by atomic mass is 16.6. The van der Waals surface area contributed by atoms with Gasteiger partial charge in [0.25, 0.3) is 5.91 Å². The van der Waals surface area contributed by atoms with E-state index < -0.39 is 65.4 Å². The summed E-state index contributed by atoms with van der Waals surface area (Å²) in [5, 5.41) is 18.3. The van der Waals surface area contributed by atoms with Crippen molar-refractivity contribution >= 4 is 52.8 Å². The minimum absolute atomic E-state index is 0.0117. The Labute approximate surface area is 439 Å². The van der Waals surface area contributed by atoms with Crippen molar-refractivity contribution in [2.75, 3.05) is 61.1 Å². The third-order valence-electron chi connectivity index (χ3n) is 14.6. The number of cyclic esters (lactones) is 1. The standard InChI is InChI=1S/C59H56N8O9/c1-38(69)64-30-32-65(33-31-64)45-24-22-44(23-25-45)63-54(70)49-50-47-36-39(14-11-29-61-57(60)73)19-28-48(47)66(58(74)62-37-40-12-5-2-6-13-40)56(72)59(50,43-20-26-46(27-21-43)75-35-34-68)67-51(41-15-7-3-8-16-41)53(76-55(71)52(49)67)42-17-9-4-10-18-42/h2-10,12-13,15-28,36,49-53,68H,29-35,37H2,1H3,(H,62,74)(H,63,70)(H3,60,61,73)/t49-,50+,51-,52-,53+,59+/m1/s1. The van der Waals surface area contributed by atoms with E-state index in [2.05, 4.69) is 32.7 Å². The number of rotatable bonds is 12. The van der Waals surface area contributed by atoms with E-state index in [1.807, 2.05) is 108 Å². The van der Waals surface area contributed by atoms with Gasteiger partial charge in [0.1, 0.15) is 30.0 Å². The largest absolute Gasteiger partial charge is 0.491 e. The zero-order chi connectivity index (χ0) is 52.9. The summed E-state index contributed by atoms with van der Waals surface area (Å²) in [6, 6.07) is 42.9. The van der Waals surface area contributed by atoms with E-state index in [9.17, 15) is 14.7 Å². The molecule has 6 N–H and O–H groups in total. The Kier molecular flexibility index (Phi) is 14.5. The first kappa shape index (κ1) is 50.5. The van der Waals surface area contributed by atoms with Gasteiger partial charge in [-0.25, -0.2) is 14.5 Å². The molecule has 0 radical (unpaired) electrons. The molecule has 0 aliphatic carbocycles. The summed E-state index contributed by atoms with van der Waals surface area (Å²) in [5.41, 5.74) is 7.95. The third-order valence-corrected chi connectivity index (χ3v) is 14.6. The maximum absolute atomic E-state index is 16.9. The molecule has 0 bridgehead atoms. The number of piperazine rings is 1. The number of nitrogens with two attached hydrogens (primary N) is 1. The number of primary amides is 1. The summed E-state index contributed by atoms with van der Waals surface area (Å²) < 4.78 is 12.5. The van der Waals surface area contributed by atoms with Crippen LogP contribution in [0.5, 0.6) is 5.75 Å². The molecular weight excluding hydrogens is 965 g/mol. The average molecular weight is 1020 g/mol. The first-order valence-corrected chi connectivity index (χ1v) is 25.1. The number of carbonyl (C=O) groups is 6. The topological polar surface area (TPSA) is 216 Å². The molecule has 10 rings (SSSR count). The van der Waals surface area contributed by atoms with Gasteiger partial charge < -0.3 is 46.1 Å². The van der Waals surface area contributed by atoms with Crippen LogP contribution in [0.4, 0.5) is 26.7 Å². The number of fused-ring (bicyclic) bond motifs is 5. The Hall–Kier alpha value is -8.98. The second kappa shape index (κ2) is 21.9. The lowest BCUT2D eigenvalue weighted by Crippen LogP contribution is -2.65. The molecular formula is C59H56N8O9. The summed E-state index contributed by atoms with van der Waals surface area (Å²) >= 11 is 0. The first-order valence-electron chi connectivity index (χ1n) is 25.1. The molecule has 17 nitrogen and oxygen atoms in total. The Balaban J connectivity index is 1.20. The Morgan fingerprint density at radius 1 is 0.776 bits per heavy atom. The number of aliphatic hydroxyl groups is 1. The van der Waals surface area contributed by atoms with Crippen LogP contribution in [0.15, 0.2) is 158 Å². The second-order valence-electron chi connectivity index (χ2n) is 18.9. The molecule has 7 amide bonds. The van der Waals surface area contributed by atoms with E-state index >= 15 is 19.2 Å². The van der Waals surface area contributed by atoms with Gasteiger partial charge in [-0.05, 0) is 82.4 Å². The zero-order valence-electron chi connectivity index (χ0n) is 41.6. The van der Waals surface area contributed by atoms with Crippen molar-refractivity contribution in [1.29, 1.82) is 0 Å². The fraction of sp³-hybridized carbons (Fsp3) is 0.254. The average Bonchev–Trinajstić information content (AvgIpc) is 4.03. The van der Waals surface area contributed by atoms with E-state index in [1.165, 1.54) is 0 Å². The number of hydrogen-bond acceptors (Lipinski definition) is 11. The van der Waals surface area contributed by atoms with E-state index in [4.69, 9.17) is 15.2 Å². The maximum atomic E-state index is 16.9. The van der Waals surface area contributed by atoms with Gasteiger partial charge in [0.2, 0.25) is 11.8 Å². The van der Waals surface area contributed by atoms with Gasteiger partial charge in [-0.15, -0.1) is 0 Å². The number of amides is 7. The van der Waals surface area contributed by atoms with Crippen LogP contribution in [0, 0.1) is 17.8 Å². The molecule has 0 spiro atoms. The number of anilines is 3. The lowest BCUT2D eigenvalue weighted by atomic mass is 9.66. The Morgan fingerprint density at radius 2 is 1.43 bits per heavy atom. The molecule has 6 atom stereocenters. The predicted octanol–water partition coefficient (Wildman–Crippen LogP) is 5.96. The minimum Gasteiger partial charge on any atom is -0.491 e. The molecule has 3 saturated heterocycles. The second-order valence-corrected chi connectivity index (χ2v) is 18.9. The zero-order valence-corrected chi connectivity index (χ0v) is 41.6. The third kappa shape index (κ3) is 9.67. The SMILES string of the molecule is CC(=O)N1CCN(c2ccc(NC(=O)[C@H]3[C@@H]4C(=O)O[C@@H](c5ccccc5)[C@@H](c5ccccc5)N4[C@]4(c5ccc(OCCO)cc5)C(=O)N(C(=O)NCc5ccccc5)c5ccc(C#CCNC(N)=O)cc5[C@@H]34)cc2)CC1. The number of nitrogens with one attached hydrogen (secondary N) is 3. The fourth-order valence-corrected chi connectivity index (χ4v) is 11.3. The van der Waals surface area contributed by atoms with Crippen LogP contribution in [-0.4, -0.2) is 103 Å². The molecule has 0 unspecified atom stereocenters. The highest BCUT2D eigenvalue weighted by Gasteiger charge is 2.74. The number of ether oxygens (including phenoxy) is 2. The number of hydrogen-bond donors (Lipinski definition) is 5. The molecule has 4 aliphatic heterocycles. The summed E-state index contributed by atoms with van der Waals surface area (Å²) in [6.45, 7) is 3.66. The molecule has 17 heteroatoms. The van der Waals surface area contributed by atoms with E-state index in [-0.39, 0.29) is 37.9 Å². The highest BCUT2D eigenvalue weighted by Crippen LogP contribution is 2.65. The molecule has 0 saturated carbocycles. The van der Waals surface area contributed by atoms with E-state index in [0.29, 0.717) is 65.4 Å². The number of carbonyl (C=O) groups excluding carboxylic acids is 6. The molecule has 6 aromatic carbocycles. The van der Waals surface area contributed by atoms with Crippen LogP contribution in [0.3, 0.4) is 0 Å². The van der Waals surface area contributed by atoms with Gasteiger partial charge in [-0.2, -0.15) is 0 Å². The van der Waals surface area contributed by atoms with Crippen molar-refractivity contribution in [3.05, 3.63) is 191 Å². The molecule has 6 aromatic rings. The van der Waals surface area contributed by atoms with Gasteiger partial charge in [0.05, 0.1) is 30.8 Å². The quantitative estimate of drug-likeness (QED) is 0.0712. The lowest BCUT2D eigenvalue weighted by molar-refractivity contribution is -0.183. The smallest absolute Gasteiger partial charge is 0.329 e. The monoisotopic (exact) mass is 1020 g/mol. The number of esters is 1. The summed E-state index contributed by atoms with van der Waals surface area (Å²) in [5.74, 6) is 1.67. The predicted molar refractivity (Wildman–Crippen MR) is 284 cm³/mol. The van der Waals surface area contributed by atoms with Crippen molar-refractivity contribution < 1.29 is 43.3 Å². The molecule has 3 fully saturated rings. The van der Waals surface area contributed by atoms with Gasteiger partial charge >= 0.3 is 18.0 Å². The number of benzene rings is 6. The number of imide groups is 1. The summed E-state index contributed by atoms with van der Waals surface area (Å²) in [7, 11) is 0. The van der Waals surface area contributed by atoms with Crippen molar-refractivity contribution in [3.63, 3.8) is 0 Å². The van der Waals surface area contributed by atoms with Crippen molar-refractivity contribution in [3.8, 4) is 17.6 Å². The highest BCUT2D eigenvalue weighted by molar-refractivity contribution is 6.21. The Morgan fingerprint density at radius 3 is 2.08 bits per heavy atom. The first-order chi connectivity index (χ1) is 37.0. The fourth-order valence-electron chi connectivity index (χ4n) is 11.3. The molecule has 76 heavy (non-hydrogen) atoms. The van der Waals surface area contributed by atoms with E-state index in [1.54, 1.807) is 66.4 Å². The molecule has 386 valence electrons. The number of aliphatic hydroxyl groups excluding tert-OH is 1. The van der Waals surface area contributed by atoms with Crippen LogP contribution >= 0.6 is 0 Å². The van der Waals surface area contributed by atoms with Crippen LogP contribution in [0.25, 0.3) is 0 Å². The van der Waals surface area contributed by atoms with Gasteiger partial charge in [-0.1, -0.05) is 115 Å². The van der Waals surface area contributed by atoms with Crippen molar-refractivity contribution in [1.82, 2.24) is 20.4 Å². The number of morpholine rings is 1. The molecule has 0 aromatic heterocycles. The van der Waals surface area contributed by atoms with Crippen LogP contribution in [0.1, 0.15) is 58.4 Å². The number of nitrogens with zero attached hydrogens (tertiary/aromatic N) is 4. The lowest BCUT2D eigenvalue weighted by Gasteiger charge is -2.53. The molecule has 4 heterocycles. The Bertz CT molecular complexity index is 3200. The maximum Gasteiger partial charge on any atom is 0.329 e. The van der Waals surface area contributed by atoms with Crippen molar-refractivity contribution in [2.24, 2.45) is 11.7 Å². The van der Waals surface area contributed by atoms with Gasteiger partial charge in [0.15, 0.2) is 0 Å². The number of urea groups is 2. The van der Waals surface area contributed by atoms with Gasteiger partial charge in [0, 0.05) is 62.5 Å². The van der Waals surface area contributed by atoms with Gasteiger partial charge in [-0.3, -0.25) is 24.1 Å². The van der Waals surface area contributed by atoms with Crippen LogP contribution in [-0.2, 0) is 36.0 Å². The van der Waals surface area contributed by atoms with Crippen LogP contribution in [0.2, 0.25) is 0 Å². The summed E-state index contributed by atoms with van der Waals surface area (Å²) in [4.78, 5) is 94.2. The molecule has 4 aliphatic rings. The normalized spacial score (nSPS) is 21.7. The summed E-state index contributed by atoms with van der Waals surface area (Å²) in [6.07, 6.45) is -1.03.